The molecule has 0 aliphatic heterocycles. The van der Waals surface area contributed by atoms with Crippen molar-refractivity contribution in [2.24, 2.45) is 0 Å². The van der Waals surface area contributed by atoms with Crippen molar-refractivity contribution in [1.29, 1.82) is 0 Å². The second-order valence-electron chi connectivity index (χ2n) is 6.55. The topological polar surface area (TPSA) is 55.2 Å². The zero-order valence-electron chi connectivity index (χ0n) is 15.4. The number of benzene rings is 2. The Morgan fingerprint density at radius 3 is 2.26 bits per heavy atom. The molecule has 27 heavy (non-hydrogen) atoms. The van der Waals surface area contributed by atoms with E-state index in [0.717, 1.165) is 5.56 Å². The molecule has 5 nitrogen and oxygen atoms in total. The molecule has 0 spiro atoms. The first-order valence-electron chi connectivity index (χ1n) is 8.63. The first kappa shape index (κ1) is 18.5. The smallest absolute Gasteiger partial charge is 0.283 e. The fraction of sp³-hybridized carbons (Fsp3) is 0.190. The van der Waals surface area contributed by atoms with Crippen molar-refractivity contribution in [3.8, 4) is 5.69 Å². The van der Waals surface area contributed by atoms with Crippen molar-refractivity contribution in [3.63, 3.8) is 0 Å². The largest absolute Gasteiger partial charge is 0.304 e. The van der Waals surface area contributed by atoms with E-state index in [0.29, 0.717) is 11.4 Å². The minimum atomic E-state index is -0.477. The van der Waals surface area contributed by atoms with Gasteiger partial charge in [-0.3, -0.25) is 9.59 Å². The number of amides is 1. The lowest BCUT2D eigenvalue weighted by atomic mass is 10.1. The lowest BCUT2D eigenvalue weighted by Crippen LogP contribution is -2.40. The first-order valence-corrected chi connectivity index (χ1v) is 8.63. The van der Waals surface area contributed by atoms with E-state index in [4.69, 9.17) is 0 Å². The molecule has 0 unspecified atom stereocenters. The number of anilines is 1. The van der Waals surface area contributed by atoms with Gasteiger partial charge in [0.1, 0.15) is 5.82 Å². The summed E-state index contributed by atoms with van der Waals surface area (Å²) in [5.41, 5.74) is 1.68. The summed E-state index contributed by atoms with van der Waals surface area (Å²) >= 11 is 0. The molecule has 2 aromatic carbocycles. The Morgan fingerprint density at radius 2 is 1.67 bits per heavy atom. The third kappa shape index (κ3) is 3.95. The molecule has 0 radical (unpaired) electrons. The maximum Gasteiger partial charge on any atom is 0.283 e. The van der Waals surface area contributed by atoms with E-state index >= 15 is 0 Å². The molecular weight excluding hydrogens is 345 g/mol. The lowest BCUT2D eigenvalue weighted by Gasteiger charge is -2.26. The van der Waals surface area contributed by atoms with Crippen LogP contribution in [0, 0.1) is 12.7 Å². The highest BCUT2D eigenvalue weighted by Gasteiger charge is 2.24. The normalized spacial score (nSPS) is 10.9. The summed E-state index contributed by atoms with van der Waals surface area (Å²) in [5.74, 6) is -0.850. The van der Waals surface area contributed by atoms with Crippen molar-refractivity contribution in [2.75, 3.05) is 4.90 Å². The predicted molar refractivity (Wildman–Crippen MR) is 103 cm³/mol. The first-order chi connectivity index (χ1) is 12.9. The molecule has 3 rings (SSSR count). The van der Waals surface area contributed by atoms with Crippen molar-refractivity contribution in [1.82, 2.24) is 9.78 Å². The summed E-state index contributed by atoms with van der Waals surface area (Å²) in [7, 11) is 0. The van der Waals surface area contributed by atoms with Gasteiger partial charge in [-0.25, -0.2) is 9.07 Å². The van der Waals surface area contributed by atoms with Crippen LogP contribution in [-0.2, 0) is 0 Å². The number of aromatic nitrogens is 2. The van der Waals surface area contributed by atoms with Crippen molar-refractivity contribution >= 4 is 11.6 Å². The standard InChI is InChI=1S/C21H20FN3O2/c1-14(2)25(18-8-4-15(3)5-9-18)21(27)20-19(26)12-13-24(23-20)17-10-6-16(22)7-11-17/h4-14H,1-3H3. The number of aryl methyl sites for hydroxylation is 1. The maximum absolute atomic E-state index is 13.1. The molecule has 0 fully saturated rings. The van der Waals surface area contributed by atoms with Crippen LogP contribution in [0.25, 0.3) is 5.69 Å². The molecule has 1 heterocycles. The number of halogens is 1. The molecule has 0 saturated carbocycles. The van der Waals surface area contributed by atoms with Crippen LogP contribution in [0.2, 0.25) is 0 Å². The van der Waals surface area contributed by atoms with Gasteiger partial charge in [-0.15, -0.1) is 0 Å². The monoisotopic (exact) mass is 365 g/mol. The highest BCUT2D eigenvalue weighted by Crippen LogP contribution is 2.19. The van der Waals surface area contributed by atoms with Crippen molar-refractivity contribution < 1.29 is 9.18 Å². The van der Waals surface area contributed by atoms with Gasteiger partial charge in [-0.2, -0.15) is 5.10 Å². The van der Waals surface area contributed by atoms with Crippen LogP contribution < -0.4 is 10.3 Å². The molecule has 138 valence electrons. The fourth-order valence-corrected chi connectivity index (χ4v) is 2.76. The van der Waals surface area contributed by atoms with Gasteiger partial charge in [0.2, 0.25) is 5.43 Å². The van der Waals surface area contributed by atoms with E-state index < -0.39 is 11.3 Å². The molecule has 0 bridgehead atoms. The van der Waals surface area contributed by atoms with Gasteiger partial charge in [0.25, 0.3) is 5.91 Å². The molecule has 0 aliphatic carbocycles. The van der Waals surface area contributed by atoms with E-state index in [2.05, 4.69) is 5.10 Å². The Kier molecular flexibility index (Phi) is 5.16. The Balaban J connectivity index is 2.04. The minimum absolute atomic E-state index is 0.166. The Hall–Kier alpha value is -3.28. The number of nitrogens with zero attached hydrogens (tertiary/aromatic N) is 3. The van der Waals surface area contributed by atoms with E-state index in [-0.39, 0.29) is 17.6 Å². The second-order valence-corrected chi connectivity index (χ2v) is 6.55. The van der Waals surface area contributed by atoms with Gasteiger partial charge in [0.15, 0.2) is 5.69 Å². The van der Waals surface area contributed by atoms with Crippen molar-refractivity contribution in [2.45, 2.75) is 26.8 Å². The van der Waals surface area contributed by atoms with E-state index in [1.54, 1.807) is 0 Å². The van der Waals surface area contributed by atoms with Crippen LogP contribution in [-0.4, -0.2) is 21.7 Å². The Bertz CT molecular complexity index is 1010. The van der Waals surface area contributed by atoms with E-state index in [1.807, 2.05) is 45.0 Å². The number of hydrogen-bond donors (Lipinski definition) is 0. The van der Waals surface area contributed by atoms with Gasteiger partial charge in [0.05, 0.1) is 5.69 Å². The number of carbonyl (C=O) groups is 1. The van der Waals surface area contributed by atoms with Crippen molar-refractivity contribution in [3.05, 3.63) is 88.1 Å². The van der Waals surface area contributed by atoms with Crippen LogP contribution in [0.5, 0.6) is 0 Å². The molecule has 0 atom stereocenters. The number of hydrogen-bond acceptors (Lipinski definition) is 3. The van der Waals surface area contributed by atoms with Gasteiger partial charge in [-0.05, 0) is 57.2 Å². The summed E-state index contributed by atoms with van der Waals surface area (Å²) in [6.45, 7) is 5.71. The third-order valence-electron chi connectivity index (χ3n) is 4.15. The molecule has 1 amide bonds. The van der Waals surface area contributed by atoms with Gasteiger partial charge in [-0.1, -0.05) is 17.7 Å². The average Bonchev–Trinajstić information content (AvgIpc) is 2.64. The van der Waals surface area contributed by atoms with Crippen LogP contribution in [0.3, 0.4) is 0 Å². The molecule has 0 saturated heterocycles. The van der Waals surface area contributed by atoms with Crippen LogP contribution in [0.1, 0.15) is 29.9 Å². The van der Waals surface area contributed by atoms with Gasteiger partial charge < -0.3 is 4.90 Å². The number of carbonyl (C=O) groups excluding carboxylic acids is 1. The fourth-order valence-electron chi connectivity index (χ4n) is 2.76. The SMILES string of the molecule is Cc1ccc(N(C(=O)c2nn(-c3ccc(F)cc3)ccc2=O)C(C)C)cc1. The highest BCUT2D eigenvalue weighted by atomic mass is 19.1. The van der Waals surface area contributed by atoms with Gasteiger partial charge in [0, 0.05) is 24.0 Å². The molecular formula is C21H20FN3O2. The molecule has 0 N–H and O–H groups in total. The lowest BCUT2D eigenvalue weighted by molar-refractivity contribution is 0.0972. The maximum atomic E-state index is 13.1. The summed E-state index contributed by atoms with van der Waals surface area (Å²) in [4.78, 5) is 27.0. The van der Waals surface area contributed by atoms with Crippen LogP contribution in [0.4, 0.5) is 10.1 Å². The third-order valence-corrected chi connectivity index (χ3v) is 4.15. The molecule has 0 aliphatic rings. The quantitative estimate of drug-likeness (QED) is 0.708. The molecule has 1 aromatic heterocycles. The summed E-state index contributed by atoms with van der Waals surface area (Å²) in [5, 5.41) is 4.21. The van der Waals surface area contributed by atoms with E-state index in [9.17, 15) is 14.0 Å². The summed E-state index contributed by atoms with van der Waals surface area (Å²) in [6, 6.07) is 14.3. The average molecular weight is 365 g/mol. The number of rotatable bonds is 4. The molecule has 3 aromatic rings. The van der Waals surface area contributed by atoms with E-state index in [1.165, 1.54) is 46.1 Å². The van der Waals surface area contributed by atoms with Crippen LogP contribution in [0.15, 0.2) is 65.6 Å². The van der Waals surface area contributed by atoms with Crippen LogP contribution >= 0.6 is 0 Å². The zero-order valence-corrected chi connectivity index (χ0v) is 15.4. The predicted octanol–water partition coefficient (Wildman–Crippen LogP) is 3.74. The highest BCUT2D eigenvalue weighted by molar-refractivity contribution is 6.05. The zero-order chi connectivity index (χ0) is 19.6. The summed E-state index contributed by atoms with van der Waals surface area (Å²) < 4.78 is 14.5. The Morgan fingerprint density at radius 1 is 1.04 bits per heavy atom. The van der Waals surface area contributed by atoms with Gasteiger partial charge >= 0.3 is 0 Å². The second kappa shape index (κ2) is 7.53. The Labute approximate surface area is 156 Å². The minimum Gasteiger partial charge on any atom is -0.304 e. The summed E-state index contributed by atoms with van der Waals surface area (Å²) in [6.07, 6.45) is 1.46. The molecule has 6 heteroatoms.